The minimum Gasteiger partial charge on any atom is -0.487 e. The Labute approximate surface area is 104 Å². The number of carbonyl (C=O) groups is 1. The quantitative estimate of drug-likeness (QED) is 0.793. The van der Waals surface area contributed by atoms with Crippen molar-refractivity contribution in [1.29, 1.82) is 0 Å². The molecule has 2 nitrogen and oxygen atoms in total. The van der Waals surface area contributed by atoms with E-state index in [1.165, 1.54) is 5.56 Å². The van der Waals surface area contributed by atoms with Gasteiger partial charge in [-0.3, -0.25) is 4.79 Å². The van der Waals surface area contributed by atoms with Gasteiger partial charge in [0.15, 0.2) is 0 Å². The maximum Gasteiger partial charge on any atom is 0.133 e. The molecule has 0 saturated carbocycles. The van der Waals surface area contributed by atoms with E-state index >= 15 is 0 Å². The Morgan fingerprint density at radius 3 is 2.24 bits per heavy atom. The van der Waals surface area contributed by atoms with Crippen molar-refractivity contribution >= 4 is 5.78 Å². The molecule has 0 heterocycles. The molecule has 0 unspecified atom stereocenters. The summed E-state index contributed by atoms with van der Waals surface area (Å²) in [5.41, 5.74) is 3.03. The Balaban J connectivity index is 3.02. The van der Waals surface area contributed by atoms with E-state index in [4.69, 9.17) is 4.74 Å². The van der Waals surface area contributed by atoms with E-state index in [0.717, 1.165) is 16.9 Å². The van der Waals surface area contributed by atoms with Gasteiger partial charge in [0.25, 0.3) is 0 Å². The van der Waals surface area contributed by atoms with E-state index in [1.54, 1.807) is 6.92 Å². The first-order valence-electron chi connectivity index (χ1n) is 5.98. The van der Waals surface area contributed by atoms with Crippen molar-refractivity contribution in [2.24, 2.45) is 0 Å². The second kappa shape index (κ2) is 4.91. The van der Waals surface area contributed by atoms with Crippen molar-refractivity contribution in [1.82, 2.24) is 0 Å². The number of carbonyl (C=O) groups excluding carboxylic acids is 1. The molecule has 0 aromatic heterocycles. The lowest BCUT2D eigenvalue weighted by molar-refractivity contribution is -0.120. The van der Waals surface area contributed by atoms with Crippen LogP contribution in [0.25, 0.3) is 0 Å². The van der Waals surface area contributed by atoms with E-state index in [2.05, 4.69) is 26.0 Å². The normalized spacial score (nSPS) is 11.4. The van der Waals surface area contributed by atoms with Gasteiger partial charge in [-0.1, -0.05) is 12.1 Å². The van der Waals surface area contributed by atoms with E-state index < -0.39 is 5.60 Å². The maximum atomic E-state index is 11.2. The fourth-order valence-electron chi connectivity index (χ4n) is 1.99. The van der Waals surface area contributed by atoms with Crippen LogP contribution in [0.2, 0.25) is 0 Å². The zero-order chi connectivity index (χ0) is 13.2. The summed E-state index contributed by atoms with van der Waals surface area (Å²) < 4.78 is 6.03. The minimum absolute atomic E-state index is 0.151. The largest absolute Gasteiger partial charge is 0.487 e. The van der Waals surface area contributed by atoms with Crippen LogP contribution in [-0.2, 0) is 4.79 Å². The average molecular weight is 234 g/mol. The van der Waals surface area contributed by atoms with Gasteiger partial charge in [-0.25, -0.2) is 0 Å². The summed E-state index contributed by atoms with van der Waals surface area (Å²) in [4.78, 5) is 11.2. The highest BCUT2D eigenvalue weighted by atomic mass is 16.5. The molecule has 2 heteroatoms. The van der Waals surface area contributed by atoms with Gasteiger partial charge in [-0.05, 0) is 58.2 Å². The number of hydrogen-bond donors (Lipinski definition) is 0. The van der Waals surface area contributed by atoms with E-state index in [1.807, 2.05) is 20.8 Å². The predicted octanol–water partition coefficient (Wildman–Crippen LogP) is 3.75. The van der Waals surface area contributed by atoms with Crippen LogP contribution in [-0.4, -0.2) is 11.4 Å². The third-order valence-corrected chi connectivity index (χ3v) is 2.93. The Hall–Kier alpha value is -1.31. The lowest BCUT2D eigenvalue weighted by atomic mass is 10.0. The molecule has 0 aliphatic carbocycles. The molecule has 0 aliphatic heterocycles. The molecule has 0 aliphatic rings. The first-order chi connectivity index (χ1) is 7.73. The summed E-state index contributed by atoms with van der Waals surface area (Å²) in [7, 11) is 0. The highest BCUT2D eigenvalue weighted by molar-refractivity contribution is 5.76. The SMILES string of the molecule is CC(=O)CC(C)(C)Oc1c(C)ccc(C)c1C. The fourth-order valence-corrected chi connectivity index (χ4v) is 1.99. The standard InChI is InChI=1S/C15H22O2/c1-10-7-8-11(2)14(13(10)4)17-15(5,6)9-12(3)16/h7-8H,9H2,1-6H3. The van der Waals surface area contributed by atoms with Crippen LogP contribution in [0.1, 0.15) is 43.9 Å². The lowest BCUT2D eigenvalue weighted by Crippen LogP contribution is -2.31. The molecule has 1 aromatic rings. The van der Waals surface area contributed by atoms with Gasteiger partial charge in [0.1, 0.15) is 17.1 Å². The first-order valence-corrected chi connectivity index (χ1v) is 5.98. The number of ketones is 1. The summed E-state index contributed by atoms with van der Waals surface area (Å²) in [5.74, 6) is 1.06. The van der Waals surface area contributed by atoms with Gasteiger partial charge in [0.05, 0.1) is 0 Å². The summed E-state index contributed by atoms with van der Waals surface area (Å²) in [6.45, 7) is 11.7. The molecular weight excluding hydrogens is 212 g/mol. The van der Waals surface area contributed by atoms with E-state index in [0.29, 0.717) is 6.42 Å². The molecule has 17 heavy (non-hydrogen) atoms. The molecule has 1 rings (SSSR count). The van der Waals surface area contributed by atoms with E-state index in [-0.39, 0.29) is 5.78 Å². The van der Waals surface area contributed by atoms with Crippen molar-refractivity contribution in [3.05, 3.63) is 28.8 Å². The first kappa shape index (κ1) is 13.8. The van der Waals surface area contributed by atoms with Gasteiger partial charge in [-0.2, -0.15) is 0 Å². The monoisotopic (exact) mass is 234 g/mol. The smallest absolute Gasteiger partial charge is 0.133 e. The molecular formula is C15H22O2. The molecule has 0 amide bonds. The summed E-state index contributed by atoms with van der Waals surface area (Å²) in [6.07, 6.45) is 0.430. The topological polar surface area (TPSA) is 26.3 Å². The highest BCUT2D eigenvalue weighted by Crippen LogP contribution is 2.30. The van der Waals surface area contributed by atoms with Crippen molar-refractivity contribution in [2.75, 3.05) is 0 Å². The van der Waals surface area contributed by atoms with Crippen LogP contribution in [0.3, 0.4) is 0 Å². The van der Waals surface area contributed by atoms with Crippen LogP contribution < -0.4 is 4.74 Å². The Morgan fingerprint density at radius 2 is 1.71 bits per heavy atom. The third kappa shape index (κ3) is 3.58. The second-order valence-corrected chi connectivity index (χ2v) is 5.39. The molecule has 94 valence electrons. The van der Waals surface area contributed by atoms with Crippen LogP contribution in [0.15, 0.2) is 12.1 Å². The van der Waals surface area contributed by atoms with Crippen molar-refractivity contribution < 1.29 is 9.53 Å². The fraction of sp³-hybridized carbons (Fsp3) is 0.533. The van der Waals surface area contributed by atoms with Gasteiger partial charge >= 0.3 is 0 Å². The Bertz CT molecular complexity index is 431. The van der Waals surface area contributed by atoms with Crippen molar-refractivity contribution in [3.63, 3.8) is 0 Å². The highest BCUT2D eigenvalue weighted by Gasteiger charge is 2.23. The Kier molecular flexibility index (Phi) is 3.97. The number of Topliss-reactive ketones (excluding diaryl/α,β-unsaturated/α-hetero) is 1. The molecule has 0 fully saturated rings. The van der Waals surface area contributed by atoms with Gasteiger partial charge in [0, 0.05) is 6.42 Å². The second-order valence-electron chi connectivity index (χ2n) is 5.39. The number of rotatable bonds is 4. The third-order valence-electron chi connectivity index (χ3n) is 2.93. The number of ether oxygens (including phenoxy) is 1. The molecule has 0 saturated heterocycles. The van der Waals surface area contributed by atoms with Crippen LogP contribution in [0, 0.1) is 20.8 Å². The number of aryl methyl sites for hydroxylation is 2. The number of benzene rings is 1. The van der Waals surface area contributed by atoms with Crippen LogP contribution >= 0.6 is 0 Å². The molecule has 0 atom stereocenters. The summed E-state index contributed by atoms with van der Waals surface area (Å²) in [5, 5.41) is 0. The summed E-state index contributed by atoms with van der Waals surface area (Å²) >= 11 is 0. The Morgan fingerprint density at radius 1 is 1.18 bits per heavy atom. The average Bonchev–Trinajstić information content (AvgIpc) is 2.17. The lowest BCUT2D eigenvalue weighted by Gasteiger charge is -2.28. The molecule has 0 N–H and O–H groups in total. The van der Waals surface area contributed by atoms with Crippen LogP contribution in [0.4, 0.5) is 0 Å². The zero-order valence-electron chi connectivity index (χ0n) is 11.7. The van der Waals surface area contributed by atoms with Crippen molar-refractivity contribution in [2.45, 2.75) is 53.6 Å². The zero-order valence-corrected chi connectivity index (χ0v) is 11.7. The predicted molar refractivity (Wildman–Crippen MR) is 70.7 cm³/mol. The van der Waals surface area contributed by atoms with Crippen molar-refractivity contribution in [3.8, 4) is 5.75 Å². The molecule has 0 spiro atoms. The van der Waals surface area contributed by atoms with E-state index in [9.17, 15) is 4.79 Å². The van der Waals surface area contributed by atoms with Gasteiger partial charge in [-0.15, -0.1) is 0 Å². The molecule has 1 aromatic carbocycles. The van der Waals surface area contributed by atoms with Gasteiger partial charge in [0.2, 0.25) is 0 Å². The summed E-state index contributed by atoms with van der Waals surface area (Å²) in [6, 6.07) is 4.15. The molecule has 0 radical (unpaired) electrons. The number of hydrogen-bond acceptors (Lipinski definition) is 2. The minimum atomic E-state index is -0.449. The maximum absolute atomic E-state index is 11.2. The van der Waals surface area contributed by atoms with Gasteiger partial charge < -0.3 is 4.74 Å². The van der Waals surface area contributed by atoms with Crippen LogP contribution in [0.5, 0.6) is 5.75 Å². The molecule has 0 bridgehead atoms.